The minimum absolute atomic E-state index is 0.0418. The van der Waals surface area contributed by atoms with Gasteiger partial charge in [-0.2, -0.15) is 5.10 Å². The fourth-order valence-electron chi connectivity index (χ4n) is 1.85. The average Bonchev–Trinajstić information content (AvgIpc) is 2.96. The van der Waals surface area contributed by atoms with Crippen molar-refractivity contribution in [2.75, 3.05) is 4.72 Å². The molecule has 6 nitrogen and oxygen atoms in total. The lowest BCUT2D eigenvalue weighted by atomic mass is 10.2. The Hall–Kier alpha value is -2.74. The Balaban J connectivity index is 1.84. The number of aromatic nitrogens is 3. The molecular formula is C14H11FN4O2S. The number of H-pyrrole nitrogens is 1. The van der Waals surface area contributed by atoms with Crippen molar-refractivity contribution in [3.05, 3.63) is 60.7 Å². The number of halogens is 1. The molecule has 0 bridgehead atoms. The van der Waals surface area contributed by atoms with Crippen molar-refractivity contribution in [1.29, 1.82) is 0 Å². The van der Waals surface area contributed by atoms with E-state index in [9.17, 15) is 12.8 Å². The molecule has 0 saturated carbocycles. The molecule has 1 aromatic carbocycles. The monoisotopic (exact) mass is 318 g/mol. The maximum Gasteiger partial charge on any atom is 0.263 e. The van der Waals surface area contributed by atoms with E-state index in [1.54, 1.807) is 24.5 Å². The smallest absolute Gasteiger partial charge is 0.263 e. The van der Waals surface area contributed by atoms with Crippen LogP contribution in [-0.2, 0) is 10.0 Å². The van der Waals surface area contributed by atoms with Crippen LogP contribution < -0.4 is 4.72 Å². The van der Waals surface area contributed by atoms with Crippen LogP contribution in [0.1, 0.15) is 0 Å². The summed E-state index contributed by atoms with van der Waals surface area (Å²) in [6.45, 7) is 0. The van der Waals surface area contributed by atoms with Gasteiger partial charge in [-0.15, -0.1) is 0 Å². The average molecular weight is 318 g/mol. The molecule has 0 atom stereocenters. The first-order valence-corrected chi connectivity index (χ1v) is 7.77. The van der Waals surface area contributed by atoms with Gasteiger partial charge in [0.2, 0.25) is 0 Å². The van der Waals surface area contributed by atoms with Gasteiger partial charge in [0.25, 0.3) is 10.0 Å². The molecule has 3 aromatic rings. The molecule has 0 aliphatic rings. The van der Waals surface area contributed by atoms with Gasteiger partial charge in [-0.05, 0) is 36.4 Å². The Labute approximate surface area is 126 Å². The molecule has 0 aliphatic heterocycles. The number of hydrogen-bond acceptors (Lipinski definition) is 4. The summed E-state index contributed by atoms with van der Waals surface area (Å²) >= 11 is 0. The van der Waals surface area contributed by atoms with Crippen molar-refractivity contribution in [3.8, 4) is 11.3 Å². The Morgan fingerprint density at radius 1 is 1.14 bits per heavy atom. The molecule has 0 aliphatic carbocycles. The normalized spacial score (nSPS) is 11.3. The van der Waals surface area contributed by atoms with Crippen molar-refractivity contribution in [3.63, 3.8) is 0 Å². The summed E-state index contributed by atoms with van der Waals surface area (Å²) in [7, 11) is -3.81. The van der Waals surface area contributed by atoms with Crippen LogP contribution in [0.4, 0.5) is 10.2 Å². The van der Waals surface area contributed by atoms with Gasteiger partial charge in [-0.1, -0.05) is 0 Å². The lowest BCUT2D eigenvalue weighted by Gasteiger charge is -2.04. The Kier molecular flexibility index (Phi) is 3.60. The van der Waals surface area contributed by atoms with Gasteiger partial charge in [-0.25, -0.2) is 12.8 Å². The molecular weight excluding hydrogens is 307 g/mol. The van der Waals surface area contributed by atoms with Crippen LogP contribution in [0.25, 0.3) is 11.3 Å². The predicted molar refractivity (Wildman–Crippen MR) is 79.0 cm³/mol. The summed E-state index contributed by atoms with van der Waals surface area (Å²) in [5, 5.41) is 6.63. The SMILES string of the molecule is O=S(=O)(Nc1cc(-c2cccnc2)[nH]n1)c1ccc(F)cc1. The molecule has 3 rings (SSSR count). The zero-order chi connectivity index (χ0) is 15.6. The van der Waals surface area contributed by atoms with Crippen LogP contribution in [0.5, 0.6) is 0 Å². The standard InChI is InChI=1S/C14H11FN4O2S/c15-11-3-5-12(6-4-11)22(20,21)19-14-8-13(17-18-14)10-2-1-7-16-9-10/h1-9H,(H2,17,18,19). The topological polar surface area (TPSA) is 87.7 Å². The number of anilines is 1. The molecule has 0 unspecified atom stereocenters. The summed E-state index contributed by atoms with van der Waals surface area (Å²) in [4.78, 5) is 3.94. The molecule has 0 fully saturated rings. The highest BCUT2D eigenvalue weighted by atomic mass is 32.2. The third-order valence-electron chi connectivity index (χ3n) is 2.91. The highest BCUT2D eigenvalue weighted by Crippen LogP contribution is 2.20. The first kappa shape index (κ1) is 14.2. The summed E-state index contributed by atoms with van der Waals surface area (Å²) < 4.78 is 39.5. The van der Waals surface area contributed by atoms with E-state index in [1.807, 2.05) is 6.07 Å². The maximum absolute atomic E-state index is 12.9. The highest BCUT2D eigenvalue weighted by Gasteiger charge is 2.16. The zero-order valence-electron chi connectivity index (χ0n) is 11.2. The fraction of sp³-hybridized carbons (Fsp3) is 0. The van der Waals surface area contributed by atoms with Crippen LogP contribution in [0.3, 0.4) is 0 Å². The Bertz CT molecular complexity index is 877. The third-order valence-corrected chi connectivity index (χ3v) is 4.28. The van der Waals surface area contributed by atoms with Gasteiger partial charge in [0.05, 0.1) is 10.6 Å². The number of aromatic amines is 1. The van der Waals surface area contributed by atoms with E-state index in [-0.39, 0.29) is 10.7 Å². The highest BCUT2D eigenvalue weighted by molar-refractivity contribution is 7.92. The lowest BCUT2D eigenvalue weighted by molar-refractivity contribution is 0.599. The number of benzene rings is 1. The second kappa shape index (κ2) is 5.57. The Morgan fingerprint density at radius 2 is 1.91 bits per heavy atom. The van der Waals surface area contributed by atoms with Crippen molar-refractivity contribution in [2.45, 2.75) is 4.90 Å². The number of rotatable bonds is 4. The van der Waals surface area contributed by atoms with Crippen LogP contribution in [0.2, 0.25) is 0 Å². The lowest BCUT2D eigenvalue weighted by Crippen LogP contribution is -2.13. The van der Waals surface area contributed by atoms with Crippen LogP contribution in [-0.4, -0.2) is 23.6 Å². The van der Waals surface area contributed by atoms with Crippen molar-refractivity contribution >= 4 is 15.8 Å². The third kappa shape index (κ3) is 2.96. The minimum atomic E-state index is -3.81. The fourth-order valence-corrected chi connectivity index (χ4v) is 2.85. The van der Waals surface area contributed by atoms with E-state index >= 15 is 0 Å². The second-order valence-electron chi connectivity index (χ2n) is 4.47. The van der Waals surface area contributed by atoms with Gasteiger partial charge in [0.15, 0.2) is 5.82 Å². The van der Waals surface area contributed by atoms with Crippen molar-refractivity contribution < 1.29 is 12.8 Å². The summed E-state index contributed by atoms with van der Waals surface area (Å²) in [5.41, 5.74) is 1.41. The zero-order valence-corrected chi connectivity index (χ0v) is 12.0. The van der Waals surface area contributed by atoms with E-state index in [0.717, 1.165) is 17.7 Å². The minimum Gasteiger partial charge on any atom is -0.276 e. The number of pyridine rings is 1. The van der Waals surface area contributed by atoms with E-state index in [4.69, 9.17) is 0 Å². The summed E-state index contributed by atoms with van der Waals surface area (Å²) in [6, 6.07) is 9.68. The van der Waals surface area contributed by atoms with E-state index < -0.39 is 15.8 Å². The molecule has 2 aromatic heterocycles. The summed E-state index contributed by atoms with van der Waals surface area (Å²) in [5.74, 6) is -0.360. The Morgan fingerprint density at radius 3 is 2.59 bits per heavy atom. The number of nitrogens with one attached hydrogen (secondary N) is 2. The van der Waals surface area contributed by atoms with Crippen molar-refractivity contribution in [1.82, 2.24) is 15.2 Å². The maximum atomic E-state index is 12.9. The number of hydrogen-bond donors (Lipinski definition) is 2. The second-order valence-corrected chi connectivity index (χ2v) is 6.15. The largest absolute Gasteiger partial charge is 0.276 e. The molecule has 112 valence electrons. The molecule has 0 amide bonds. The van der Waals surface area contributed by atoms with Crippen molar-refractivity contribution in [2.24, 2.45) is 0 Å². The van der Waals surface area contributed by atoms with E-state index in [0.29, 0.717) is 5.69 Å². The van der Waals surface area contributed by atoms with E-state index in [1.165, 1.54) is 12.1 Å². The molecule has 0 radical (unpaired) electrons. The number of sulfonamides is 1. The van der Waals surface area contributed by atoms with Gasteiger partial charge < -0.3 is 0 Å². The van der Waals surface area contributed by atoms with Gasteiger partial charge in [0.1, 0.15) is 5.82 Å². The molecule has 0 spiro atoms. The molecule has 8 heteroatoms. The first-order valence-electron chi connectivity index (χ1n) is 6.29. The summed E-state index contributed by atoms with van der Waals surface area (Å²) in [6.07, 6.45) is 3.27. The quantitative estimate of drug-likeness (QED) is 0.773. The van der Waals surface area contributed by atoms with Crippen LogP contribution >= 0.6 is 0 Å². The predicted octanol–water partition coefficient (Wildman–Crippen LogP) is 2.41. The number of nitrogens with zero attached hydrogens (tertiary/aromatic N) is 2. The van der Waals surface area contributed by atoms with Crippen LogP contribution in [0, 0.1) is 5.82 Å². The molecule has 2 N–H and O–H groups in total. The molecule has 0 saturated heterocycles. The van der Waals surface area contributed by atoms with Gasteiger partial charge >= 0.3 is 0 Å². The van der Waals surface area contributed by atoms with E-state index in [2.05, 4.69) is 19.9 Å². The first-order chi connectivity index (χ1) is 10.5. The van der Waals surface area contributed by atoms with Crippen LogP contribution in [0.15, 0.2) is 59.8 Å². The van der Waals surface area contributed by atoms with Gasteiger partial charge in [0, 0.05) is 24.0 Å². The van der Waals surface area contributed by atoms with Gasteiger partial charge in [-0.3, -0.25) is 14.8 Å². The molecule has 22 heavy (non-hydrogen) atoms. The molecule has 2 heterocycles.